The summed E-state index contributed by atoms with van der Waals surface area (Å²) >= 11 is 0. The number of aliphatic carboxylic acids is 1. The van der Waals surface area contributed by atoms with Gasteiger partial charge in [-0.3, -0.25) is 9.59 Å². The van der Waals surface area contributed by atoms with Crippen molar-refractivity contribution in [2.24, 2.45) is 0 Å². The summed E-state index contributed by atoms with van der Waals surface area (Å²) in [6, 6.07) is 0. The van der Waals surface area contributed by atoms with Crippen LogP contribution in [-0.4, -0.2) is 41.0 Å². The quantitative estimate of drug-likeness (QED) is 0.702. The van der Waals surface area contributed by atoms with Crippen LogP contribution in [0.15, 0.2) is 0 Å². The lowest BCUT2D eigenvalue weighted by Crippen LogP contribution is -2.67. The van der Waals surface area contributed by atoms with Crippen LogP contribution in [0.3, 0.4) is 0 Å². The largest absolute Gasteiger partial charge is 0.481 e. The molecule has 7 heteroatoms. The van der Waals surface area contributed by atoms with Gasteiger partial charge in [0.1, 0.15) is 0 Å². The molecule has 0 unspecified atom stereocenters. The summed E-state index contributed by atoms with van der Waals surface area (Å²) in [5.74, 6) is -1.33. The lowest BCUT2D eigenvalue weighted by molar-refractivity contribution is -0.137. The second kappa shape index (κ2) is 4.04. The molecule has 0 aromatic heterocycles. The highest BCUT2D eigenvalue weighted by molar-refractivity contribution is 7.94. The number of carboxylic acid groups (broad SMARTS) is 1. The molecule has 1 rings (SSSR count). The number of unbranched alkanes of at least 4 members (excludes halogenated alkanes) is 1. The Kier molecular flexibility index (Phi) is 3.27. The molecule has 1 amide bonds. The van der Waals surface area contributed by atoms with E-state index < -0.39 is 26.6 Å². The van der Waals surface area contributed by atoms with Crippen molar-refractivity contribution in [1.82, 2.24) is 4.31 Å². The van der Waals surface area contributed by atoms with Crippen LogP contribution in [0.1, 0.15) is 33.1 Å². The summed E-state index contributed by atoms with van der Waals surface area (Å²) in [5, 5.41) is 8.39. The van der Waals surface area contributed by atoms with Crippen LogP contribution in [-0.2, 0) is 19.6 Å². The van der Waals surface area contributed by atoms with E-state index in [1.807, 2.05) is 0 Å². The standard InChI is InChI=1S/C9H15NO5S/c1-9(2)8(13)10(16(9,14)15)6-4-3-5-7(11)12/h3-6H2,1-2H3,(H,11,12). The molecule has 0 aromatic carbocycles. The lowest BCUT2D eigenvalue weighted by Gasteiger charge is -2.43. The molecule has 92 valence electrons. The molecule has 1 aliphatic heterocycles. The van der Waals surface area contributed by atoms with Gasteiger partial charge in [0.15, 0.2) is 4.75 Å². The van der Waals surface area contributed by atoms with Gasteiger partial charge in [-0.1, -0.05) is 0 Å². The minimum Gasteiger partial charge on any atom is -0.481 e. The van der Waals surface area contributed by atoms with Gasteiger partial charge in [-0.2, -0.15) is 0 Å². The van der Waals surface area contributed by atoms with Crippen LogP contribution < -0.4 is 0 Å². The molecule has 1 N–H and O–H groups in total. The summed E-state index contributed by atoms with van der Waals surface area (Å²) in [5.41, 5.74) is 0. The Morgan fingerprint density at radius 2 is 1.94 bits per heavy atom. The Morgan fingerprint density at radius 3 is 2.38 bits per heavy atom. The zero-order chi connectivity index (χ0) is 12.6. The van der Waals surface area contributed by atoms with Gasteiger partial charge in [-0.25, -0.2) is 12.7 Å². The van der Waals surface area contributed by atoms with Crippen molar-refractivity contribution in [3.8, 4) is 0 Å². The second-order valence-corrected chi connectivity index (χ2v) is 6.66. The Labute approximate surface area is 94.3 Å². The van der Waals surface area contributed by atoms with Crippen molar-refractivity contribution >= 4 is 21.9 Å². The van der Waals surface area contributed by atoms with Crippen LogP contribution in [0.2, 0.25) is 0 Å². The number of carbonyl (C=O) groups is 2. The van der Waals surface area contributed by atoms with Crippen LogP contribution in [0.25, 0.3) is 0 Å². The van der Waals surface area contributed by atoms with Gasteiger partial charge in [0.05, 0.1) is 0 Å². The molecule has 0 spiro atoms. The fourth-order valence-electron chi connectivity index (χ4n) is 1.51. The summed E-state index contributed by atoms with van der Waals surface area (Å²) in [6.45, 7) is 2.83. The number of hydrogen-bond acceptors (Lipinski definition) is 4. The average Bonchev–Trinajstić information content (AvgIpc) is 2.15. The van der Waals surface area contributed by atoms with Gasteiger partial charge in [-0.05, 0) is 26.7 Å². The summed E-state index contributed by atoms with van der Waals surface area (Å²) in [4.78, 5) is 21.7. The first-order valence-electron chi connectivity index (χ1n) is 5.00. The van der Waals surface area contributed by atoms with E-state index in [0.29, 0.717) is 12.8 Å². The van der Waals surface area contributed by atoms with Gasteiger partial charge in [0, 0.05) is 13.0 Å². The van der Waals surface area contributed by atoms with Gasteiger partial charge in [-0.15, -0.1) is 0 Å². The highest BCUT2D eigenvalue weighted by Gasteiger charge is 2.59. The number of carboxylic acids is 1. The van der Waals surface area contributed by atoms with Gasteiger partial charge < -0.3 is 5.11 Å². The van der Waals surface area contributed by atoms with E-state index in [0.717, 1.165) is 4.31 Å². The maximum Gasteiger partial charge on any atom is 0.303 e. The van der Waals surface area contributed by atoms with Crippen molar-refractivity contribution in [2.75, 3.05) is 6.54 Å². The van der Waals surface area contributed by atoms with Crippen LogP contribution in [0, 0.1) is 0 Å². The van der Waals surface area contributed by atoms with E-state index in [4.69, 9.17) is 5.11 Å². The summed E-state index contributed by atoms with van der Waals surface area (Å²) < 4.78 is 22.7. The van der Waals surface area contributed by atoms with Crippen LogP contribution >= 0.6 is 0 Å². The molecule has 0 bridgehead atoms. The minimum absolute atomic E-state index is 0.00846. The molecule has 0 atom stereocenters. The Balaban J connectivity index is 2.47. The van der Waals surface area contributed by atoms with Crippen LogP contribution in [0.4, 0.5) is 0 Å². The fraction of sp³-hybridized carbons (Fsp3) is 0.778. The van der Waals surface area contributed by atoms with E-state index in [-0.39, 0.29) is 13.0 Å². The first kappa shape index (κ1) is 13.0. The van der Waals surface area contributed by atoms with Crippen molar-refractivity contribution in [1.29, 1.82) is 0 Å². The molecule has 16 heavy (non-hydrogen) atoms. The molecule has 0 saturated carbocycles. The summed E-state index contributed by atoms with van der Waals surface area (Å²) in [7, 11) is -3.51. The third-order valence-electron chi connectivity index (χ3n) is 2.68. The first-order valence-corrected chi connectivity index (χ1v) is 6.44. The van der Waals surface area contributed by atoms with E-state index in [1.54, 1.807) is 0 Å². The highest BCUT2D eigenvalue weighted by atomic mass is 32.2. The Bertz CT molecular complexity index is 412. The molecular weight excluding hydrogens is 234 g/mol. The zero-order valence-electron chi connectivity index (χ0n) is 9.26. The normalized spacial score (nSPS) is 21.6. The average molecular weight is 249 g/mol. The smallest absolute Gasteiger partial charge is 0.303 e. The van der Waals surface area contributed by atoms with E-state index in [1.165, 1.54) is 13.8 Å². The maximum absolute atomic E-state index is 11.6. The van der Waals surface area contributed by atoms with Gasteiger partial charge >= 0.3 is 5.97 Å². The van der Waals surface area contributed by atoms with Crippen molar-refractivity contribution in [3.05, 3.63) is 0 Å². The van der Waals surface area contributed by atoms with E-state index in [9.17, 15) is 18.0 Å². The molecule has 1 heterocycles. The molecule has 0 aromatic rings. The van der Waals surface area contributed by atoms with Crippen molar-refractivity contribution in [3.63, 3.8) is 0 Å². The third kappa shape index (κ3) is 1.91. The molecule has 0 radical (unpaired) electrons. The maximum atomic E-state index is 11.6. The molecule has 6 nitrogen and oxygen atoms in total. The van der Waals surface area contributed by atoms with Crippen molar-refractivity contribution in [2.45, 2.75) is 37.9 Å². The molecule has 0 aliphatic carbocycles. The van der Waals surface area contributed by atoms with Gasteiger partial charge in [0.25, 0.3) is 15.9 Å². The van der Waals surface area contributed by atoms with E-state index >= 15 is 0 Å². The SMILES string of the molecule is CC1(C)C(=O)N(CCCCC(=O)O)S1(=O)=O. The number of rotatable bonds is 5. The van der Waals surface area contributed by atoms with Crippen LogP contribution in [0.5, 0.6) is 0 Å². The summed E-state index contributed by atoms with van der Waals surface area (Å²) in [6.07, 6.45) is 0.744. The molecule has 1 aliphatic rings. The van der Waals surface area contributed by atoms with Gasteiger partial charge in [0.2, 0.25) is 0 Å². The number of nitrogens with zero attached hydrogens (tertiary/aromatic N) is 1. The highest BCUT2D eigenvalue weighted by Crippen LogP contribution is 2.34. The zero-order valence-corrected chi connectivity index (χ0v) is 10.1. The first-order chi connectivity index (χ1) is 7.21. The number of carbonyl (C=O) groups excluding carboxylic acids is 1. The fourth-order valence-corrected chi connectivity index (χ4v) is 3.08. The number of amides is 1. The topological polar surface area (TPSA) is 91.8 Å². The second-order valence-electron chi connectivity index (χ2n) is 4.24. The predicted molar refractivity (Wildman–Crippen MR) is 56.2 cm³/mol. The third-order valence-corrected chi connectivity index (χ3v) is 5.07. The van der Waals surface area contributed by atoms with E-state index in [2.05, 4.69) is 0 Å². The number of sulfonamides is 1. The molecular formula is C9H15NO5S. The molecule has 1 fully saturated rings. The Morgan fingerprint density at radius 1 is 1.38 bits per heavy atom. The predicted octanol–water partition coefficient (Wildman–Crippen LogP) is 0.192. The lowest BCUT2D eigenvalue weighted by atomic mass is 10.1. The number of hydrogen-bond donors (Lipinski definition) is 1. The molecule has 1 saturated heterocycles. The Hall–Kier alpha value is -1.11. The van der Waals surface area contributed by atoms with Crippen molar-refractivity contribution < 1.29 is 23.1 Å². The monoisotopic (exact) mass is 249 g/mol. The minimum atomic E-state index is -3.51.